The molecular formula is C28H18F2N4O2. The lowest BCUT2D eigenvalue weighted by molar-refractivity contribution is 0.101. The summed E-state index contributed by atoms with van der Waals surface area (Å²) in [7, 11) is 0. The largest absolute Gasteiger partial charge is 0.322 e. The third-order valence-electron chi connectivity index (χ3n) is 5.46. The summed E-state index contributed by atoms with van der Waals surface area (Å²) in [6.07, 6.45) is 3.00. The summed E-state index contributed by atoms with van der Waals surface area (Å²) in [4.78, 5) is 30.0. The van der Waals surface area contributed by atoms with Gasteiger partial charge in [0.2, 0.25) is 5.78 Å². The van der Waals surface area contributed by atoms with E-state index in [1.807, 2.05) is 30.3 Å². The van der Waals surface area contributed by atoms with Crippen LogP contribution in [0.3, 0.4) is 0 Å². The Morgan fingerprint density at radius 3 is 2.28 bits per heavy atom. The van der Waals surface area contributed by atoms with Gasteiger partial charge in [-0.3, -0.25) is 14.6 Å². The van der Waals surface area contributed by atoms with Gasteiger partial charge in [-0.05, 0) is 66.7 Å². The molecular weight excluding hydrogens is 462 g/mol. The maximum Gasteiger partial charge on any atom is 0.259 e. The third kappa shape index (κ3) is 4.65. The van der Waals surface area contributed by atoms with Gasteiger partial charge < -0.3 is 5.32 Å². The highest BCUT2D eigenvalue weighted by atomic mass is 19.1. The first-order chi connectivity index (χ1) is 17.5. The van der Waals surface area contributed by atoms with E-state index in [-0.39, 0.29) is 22.5 Å². The Hall–Kier alpha value is -4.98. The first kappa shape index (κ1) is 22.8. The van der Waals surface area contributed by atoms with Gasteiger partial charge in [0, 0.05) is 23.6 Å². The van der Waals surface area contributed by atoms with E-state index in [9.17, 15) is 18.4 Å². The molecule has 0 aliphatic rings. The Bertz CT molecular complexity index is 1550. The maximum absolute atomic E-state index is 14.5. The molecule has 0 unspecified atom stereocenters. The predicted octanol–water partition coefficient (Wildman–Crippen LogP) is 5.70. The third-order valence-corrected chi connectivity index (χ3v) is 5.46. The van der Waals surface area contributed by atoms with Crippen molar-refractivity contribution in [3.8, 4) is 16.9 Å². The molecule has 8 heteroatoms. The molecule has 3 aromatic carbocycles. The number of nitrogens with zero attached hydrogens (tertiary/aromatic N) is 3. The molecule has 0 bridgehead atoms. The Morgan fingerprint density at radius 1 is 0.806 bits per heavy atom. The second-order valence-corrected chi connectivity index (χ2v) is 7.87. The average molecular weight is 480 g/mol. The summed E-state index contributed by atoms with van der Waals surface area (Å²) >= 11 is 0. The molecule has 0 aliphatic carbocycles. The number of aromatic nitrogens is 3. The summed E-state index contributed by atoms with van der Waals surface area (Å²) in [6.45, 7) is 0. The fourth-order valence-electron chi connectivity index (χ4n) is 3.68. The molecule has 1 amide bonds. The molecule has 176 valence electrons. The lowest BCUT2D eigenvalue weighted by atomic mass is 10.1. The molecule has 0 saturated heterocycles. The highest BCUT2D eigenvalue weighted by Crippen LogP contribution is 2.26. The van der Waals surface area contributed by atoms with Crippen molar-refractivity contribution in [3.63, 3.8) is 0 Å². The minimum absolute atomic E-state index is 0.0858. The van der Waals surface area contributed by atoms with Crippen LogP contribution < -0.4 is 5.32 Å². The number of hydrogen-bond acceptors (Lipinski definition) is 4. The number of carbonyl (C=O) groups excluding carboxylic acids is 2. The first-order valence-corrected chi connectivity index (χ1v) is 11.0. The molecule has 6 nitrogen and oxygen atoms in total. The molecule has 0 radical (unpaired) electrons. The highest BCUT2D eigenvalue weighted by molar-refractivity contribution is 6.10. The fourth-order valence-corrected chi connectivity index (χ4v) is 3.68. The summed E-state index contributed by atoms with van der Waals surface area (Å²) < 4.78 is 29.5. The molecule has 0 spiro atoms. The van der Waals surface area contributed by atoms with Gasteiger partial charge in [0.1, 0.15) is 23.0 Å². The van der Waals surface area contributed by atoms with Crippen LogP contribution in [-0.2, 0) is 0 Å². The Labute approximate surface area is 204 Å². The minimum Gasteiger partial charge on any atom is -0.322 e. The van der Waals surface area contributed by atoms with Crippen molar-refractivity contribution in [2.45, 2.75) is 0 Å². The molecule has 2 aromatic heterocycles. The van der Waals surface area contributed by atoms with Crippen molar-refractivity contribution in [2.24, 2.45) is 0 Å². The lowest BCUT2D eigenvalue weighted by Gasteiger charge is -2.08. The molecule has 1 N–H and O–H groups in total. The number of ketones is 1. The molecule has 2 heterocycles. The van der Waals surface area contributed by atoms with Crippen LogP contribution in [0.25, 0.3) is 16.9 Å². The lowest BCUT2D eigenvalue weighted by Crippen LogP contribution is -2.14. The van der Waals surface area contributed by atoms with Crippen molar-refractivity contribution in [3.05, 3.63) is 132 Å². The van der Waals surface area contributed by atoms with E-state index < -0.39 is 23.3 Å². The number of hydrogen-bond donors (Lipinski definition) is 1. The first-order valence-electron chi connectivity index (χ1n) is 11.0. The maximum atomic E-state index is 14.5. The van der Waals surface area contributed by atoms with Crippen molar-refractivity contribution in [1.29, 1.82) is 0 Å². The number of para-hydroxylation sites is 1. The van der Waals surface area contributed by atoms with Crippen molar-refractivity contribution >= 4 is 17.4 Å². The van der Waals surface area contributed by atoms with Gasteiger partial charge in [0.25, 0.3) is 5.91 Å². The highest BCUT2D eigenvalue weighted by Gasteiger charge is 2.21. The van der Waals surface area contributed by atoms with E-state index in [2.05, 4.69) is 15.4 Å². The Kier molecular flexibility index (Phi) is 6.15. The van der Waals surface area contributed by atoms with Crippen LogP contribution in [0.4, 0.5) is 14.5 Å². The molecule has 0 fully saturated rings. The average Bonchev–Trinajstić information content (AvgIpc) is 3.37. The van der Waals surface area contributed by atoms with Crippen molar-refractivity contribution in [2.75, 3.05) is 5.32 Å². The van der Waals surface area contributed by atoms with Gasteiger partial charge in [-0.1, -0.05) is 24.3 Å². The van der Waals surface area contributed by atoms with Crippen molar-refractivity contribution in [1.82, 2.24) is 14.8 Å². The molecule has 5 rings (SSSR count). The van der Waals surface area contributed by atoms with Crippen LogP contribution in [0, 0.1) is 11.6 Å². The Morgan fingerprint density at radius 2 is 1.56 bits per heavy atom. The van der Waals surface area contributed by atoms with Gasteiger partial charge in [0.15, 0.2) is 0 Å². The zero-order chi connectivity index (χ0) is 25.1. The molecule has 0 aliphatic heterocycles. The topological polar surface area (TPSA) is 76.9 Å². The van der Waals surface area contributed by atoms with E-state index in [0.29, 0.717) is 11.3 Å². The second-order valence-electron chi connectivity index (χ2n) is 7.87. The second kappa shape index (κ2) is 9.71. The van der Waals surface area contributed by atoms with Gasteiger partial charge in [0.05, 0.1) is 16.8 Å². The van der Waals surface area contributed by atoms with Crippen LogP contribution >= 0.6 is 0 Å². The SMILES string of the molecule is O=C(c1ccccn1)c1cc(NC(=O)c2cn(-c3ccccc3)nc2-c2ccc(F)cc2)ccc1F. The van der Waals surface area contributed by atoms with Crippen molar-refractivity contribution < 1.29 is 18.4 Å². The van der Waals surface area contributed by atoms with Gasteiger partial charge in [-0.25, -0.2) is 13.5 Å². The number of anilines is 1. The van der Waals surface area contributed by atoms with Crippen LogP contribution in [0.1, 0.15) is 26.4 Å². The summed E-state index contributed by atoms with van der Waals surface area (Å²) in [6, 6.07) is 23.4. The number of halogens is 2. The normalized spacial score (nSPS) is 10.7. The number of rotatable bonds is 6. The standard InChI is InChI=1S/C28H18F2N4O2/c29-19-11-9-18(10-12-19)26-23(17-34(33-26)21-6-2-1-3-7-21)28(36)32-20-13-14-24(30)22(16-20)27(35)25-8-4-5-15-31-25/h1-17H,(H,32,36). The monoisotopic (exact) mass is 480 g/mol. The molecule has 0 atom stereocenters. The zero-order valence-electron chi connectivity index (χ0n) is 18.7. The summed E-state index contributed by atoms with van der Waals surface area (Å²) in [5.41, 5.74) is 1.91. The van der Waals surface area contributed by atoms with Crippen LogP contribution in [-0.4, -0.2) is 26.5 Å². The van der Waals surface area contributed by atoms with Crippen LogP contribution in [0.2, 0.25) is 0 Å². The van der Waals surface area contributed by atoms with Gasteiger partial charge in [-0.2, -0.15) is 5.10 Å². The zero-order valence-corrected chi connectivity index (χ0v) is 18.7. The van der Waals surface area contributed by atoms with Gasteiger partial charge >= 0.3 is 0 Å². The van der Waals surface area contributed by atoms with E-state index in [0.717, 1.165) is 11.8 Å². The van der Waals surface area contributed by atoms with Crippen LogP contribution in [0.5, 0.6) is 0 Å². The molecule has 0 saturated carbocycles. The smallest absolute Gasteiger partial charge is 0.259 e. The number of carbonyl (C=O) groups is 2. The number of pyridine rings is 1. The Balaban J connectivity index is 1.50. The van der Waals surface area contributed by atoms with E-state index in [1.165, 1.54) is 48.7 Å². The number of nitrogens with one attached hydrogen (secondary N) is 1. The number of amides is 1. The van der Waals surface area contributed by atoms with E-state index in [1.54, 1.807) is 23.0 Å². The van der Waals surface area contributed by atoms with Crippen LogP contribution in [0.15, 0.2) is 103 Å². The summed E-state index contributed by atoms with van der Waals surface area (Å²) in [5, 5.41) is 7.27. The number of benzene rings is 3. The molecule has 5 aromatic rings. The molecule has 36 heavy (non-hydrogen) atoms. The van der Waals surface area contributed by atoms with E-state index >= 15 is 0 Å². The fraction of sp³-hybridized carbons (Fsp3) is 0. The quantitative estimate of drug-likeness (QED) is 0.317. The minimum atomic E-state index is -0.729. The van der Waals surface area contributed by atoms with Gasteiger partial charge in [-0.15, -0.1) is 0 Å². The predicted molar refractivity (Wildman–Crippen MR) is 131 cm³/mol. The summed E-state index contributed by atoms with van der Waals surface area (Å²) in [5.74, 6) is -2.27. The van der Waals surface area contributed by atoms with E-state index in [4.69, 9.17) is 0 Å².